The Morgan fingerprint density at radius 3 is 2.44 bits per heavy atom. The minimum absolute atomic E-state index is 0.0467. The molecule has 0 radical (unpaired) electrons. The van der Waals surface area contributed by atoms with Gasteiger partial charge in [0.05, 0.1) is 6.42 Å². The fourth-order valence-corrected chi connectivity index (χ4v) is 2.97. The van der Waals surface area contributed by atoms with Gasteiger partial charge in [-0.05, 0) is 24.3 Å². The van der Waals surface area contributed by atoms with Crippen LogP contribution in [0.3, 0.4) is 0 Å². The molecule has 0 aliphatic rings. The van der Waals surface area contributed by atoms with Crippen molar-refractivity contribution in [3.8, 4) is 11.5 Å². The molecule has 0 bridgehead atoms. The van der Waals surface area contributed by atoms with Crippen LogP contribution in [0.1, 0.15) is 6.42 Å². The molecule has 0 spiro atoms. The van der Waals surface area contributed by atoms with E-state index in [4.69, 9.17) is 9.15 Å². The minimum Gasteiger partial charge on any atom is -0.456 e. The standard InChI is InChI=1S/C19H17N3O4S/c23-16(13-25-17(24)11-12-27-15-9-5-2-6-10-15)20-19-22-21-18(26-19)14-7-3-1-4-8-14/h1-10H,11-13H2,(H,20,22,23). The number of esters is 1. The maximum Gasteiger partial charge on any atom is 0.322 e. The Hall–Kier alpha value is -3.13. The van der Waals surface area contributed by atoms with Crippen LogP contribution in [0.5, 0.6) is 0 Å². The highest BCUT2D eigenvalue weighted by Gasteiger charge is 2.13. The monoisotopic (exact) mass is 383 g/mol. The molecule has 3 rings (SSSR count). The van der Waals surface area contributed by atoms with E-state index in [9.17, 15) is 9.59 Å². The largest absolute Gasteiger partial charge is 0.456 e. The van der Waals surface area contributed by atoms with Gasteiger partial charge in [-0.3, -0.25) is 14.9 Å². The van der Waals surface area contributed by atoms with Gasteiger partial charge in [0.2, 0.25) is 5.89 Å². The summed E-state index contributed by atoms with van der Waals surface area (Å²) in [4.78, 5) is 24.6. The number of ether oxygens (including phenoxy) is 1. The Morgan fingerprint density at radius 1 is 1.00 bits per heavy atom. The van der Waals surface area contributed by atoms with Crippen molar-refractivity contribution in [2.24, 2.45) is 0 Å². The number of rotatable bonds is 8. The van der Waals surface area contributed by atoms with Gasteiger partial charge in [0.25, 0.3) is 5.91 Å². The molecular weight excluding hydrogens is 366 g/mol. The summed E-state index contributed by atoms with van der Waals surface area (Å²) in [6, 6.07) is 18.9. The number of amides is 1. The zero-order valence-electron chi connectivity index (χ0n) is 14.3. The fourth-order valence-electron chi connectivity index (χ4n) is 2.11. The van der Waals surface area contributed by atoms with Crippen molar-refractivity contribution in [3.63, 3.8) is 0 Å². The van der Waals surface area contributed by atoms with E-state index in [1.807, 2.05) is 60.7 Å². The molecule has 138 valence electrons. The van der Waals surface area contributed by atoms with Crippen LogP contribution in [0.2, 0.25) is 0 Å². The highest BCUT2D eigenvalue weighted by molar-refractivity contribution is 7.99. The third kappa shape index (κ3) is 5.96. The predicted molar refractivity (Wildman–Crippen MR) is 101 cm³/mol. The molecule has 0 unspecified atom stereocenters. The zero-order chi connectivity index (χ0) is 18.9. The summed E-state index contributed by atoms with van der Waals surface area (Å²) in [7, 11) is 0. The van der Waals surface area contributed by atoms with E-state index in [-0.39, 0.29) is 12.4 Å². The number of benzene rings is 2. The lowest BCUT2D eigenvalue weighted by Crippen LogP contribution is -2.21. The molecule has 0 saturated carbocycles. The van der Waals surface area contributed by atoms with Gasteiger partial charge in [0.15, 0.2) is 6.61 Å². The summed E-state index contributed by atoms with van der Waals surface area (Å²) in [5.74, 6) is -0.110. The van der Waals surface area contributed by atoms with Crippen molar-refractivity contribution < 1.29 is 18.7 Å². The molecule has 1 heterocycles. The Bertz CT molecular complexity index is 884. The van der Waals surface area contributed by atoms with Gasteiger partial charge >= 0.3 is 12.0 Å². The lowest BCUT2D eigenvalue weighted by atomic mass is 10.2. The number of nitrogens with one attached hydrogen (secondary N) is 1. The molecule has 1 N–H and O–H groups in total. The van der Waals surface area contributed by atoms with Crippen LogP contribution < -0.4 is 5.32 Å². The smallest absolute Gasteiger partial charge is 0.322 e. The number of aromatic nitrogens is 2. The molecule has 8 heteroatoms. The number of carbonyl (C=O) groups is 2. The van der Waals surface area contributed by atoms with Crippen molar-refractivity contribution in [2.75, 3.05) is 17.7 Å². The van der Waals surface area contributed by atoms with Crippen molar-refractivity contribution in [1.82, 2.24) is 10.2 Å². The van der Waals surface area contributed by atoms with E-state index in [1.54, 1.807) is 11.8 Å². The topological polar surface area (TPSA) is 94.3 Å². The van der Waals surface area contributed by atoms with Crippen LogP contribution in [-0.2, 0) is 14.3 Å². The molecule has 0 aliphatic carbocycles. The second-order valence-corrected chi connectivity index (χ2v) is 6.57. The van der Waals surface area contributed by atoms with Crippen LogP contribution in [-0.4, -0.2) is 34.4 Å². The Kier molecular flexibility index (Phi) is 6.59. The number of anilines is 1. The summed E-state index contributed by atoms with van der Waals surface area (Å²) in [6.45, 7) is -0.405. The minimum atomic E-state index is -0.540. The van der Waals surface area contributed by atoms with E-state index in [2.05, 4.69) is 15.5 Å². The first kappa shape index (κ1) is 18.7. The average molecular weight is 383 g/mol. The van der Waals surface area contributed by atoms with Gasteiger partial charge in [-0.25, -0.2) is 0 Å². The number of nitrogens with zero attached hydrogens (tertiary/aromatic N) is 2. The van der Waals surface area contributed by atoms with E-state index in [0.29, 0.717) is 11.6 Å². The van der Waals surface area contributed by atoms with Crippen LogP contribution in [0.15, 0.2) is 70.0 Å². The van der Waals surface area contributed by atoms with Gasteiger partial charge in [0.1, 0.15) is 0 Å². The first-order valence-electron chi connectivity index (χ1n) is 8.23. The predicted octanol–water partition coefficient (Wildman–Crippen LogP) is 3.40. The SMILES string of the molecule is O=C(COC(=O)CCSc1ccccc1)Nc1nnc(-c2ccccc2)o1. The molecule has 2 aromatic carbocycles. The highest BCUT2D eigenvalue weighted by atomic mass is 32.2. The molecule has 0 saturated heterocycles. The maximum absolute atomic E-state index is 11.8. The number of thioether (sulfide) groups is 1. The van der Waals surface area contributed by atoms with Crippen LogP contribution in [0.25, 0.3) is 11.5 Å². The molecule has 0 fully saturated rings. The van der Waals surface area contributed by atoms with Crippen molar-refractivity contribution >= 4 is 29.7 Å². The quantitative estimate of drug-likeness (QED) is 0.470. The summed E-state index contributed by atoms with van der Waals surface area (Å²) < 4.78 is 10.3. The third-order valence-corrected chi connectivity index (χ3v) is 4.39. The lowest BCUT2D eigenvalue weighted by Gasteiger charge is -2.04. The molecule has 3 aromatic rings. The molecule has 1 aromatic heterocycles. The maximum atomic E-state index is 11.8. The summed E-state index contributed by atoms with van der Waals surface area (Å²) in [6.07, 6.45) is 0.214. The Morgan fingerprint density at radius 2 is 1.70 bits per heavy atom. The summed E-state index contributed by atoms with van der Waals surface area (Å²) >= 11 is 1.55. The molecule has 1 amide bonds. The van der Waals surface area contributed by atoms with Crippen LogP contribution >= 0.6 is 11.8 Å². The van der Waals surface area contributed by atoms with Crippen molar-refractivity contribution in [3.05, 3.63) is 60.7 Å². The van der Waals surface area contributed by atoms with Gasteiger partial charge < -0.3 is 9.15 Å². The van der Waals surface area contributed by atoms with E-state index in [0.717, 1.165) is 10.5 Å². The molecular formula is C19H17N3O4S. The van der Waals surface area contributed by atoms with Crippen molar-refractivity contribution in [2.45, 2.75) is 11.3 Å². The van der Waals surface area contributed by atoms with Crippen LogP contribution in [0, 0.1) is 0 Å². The van der Waals surface area contributed by atoms with Gasteiger partial charge in [-0.1, -0.05) is 41.5 Å². The van der Waals surface area contributed by atoms with E-state index < -0.39 is 18.5 Å². The Balaban J connectivity index is 1.38. The zero-order valence-corrected chi connectivity index (χ0v) is 15.1. The number of hydrogen-bond acceptors (Lipinski definition) is 7. The van der Waals surface area contributed by atoms with Crippen LogP contribution in [0.4, 0.5) is 6.01 Å². The van der Waals surface area contributed by atoms with E-state index >= 15 is 0 Å². The first-order chi connectivity index (χ1) is 13.2. The van der Waals surface area contributed by atoms with Gasteiger partial charge in [0, 0.05) is 16.2 Å². The van der Waals surface area contributed by atoms with E-state index in [1.165, 1.54) is 0 Å². The fraction of sp³-hybridized carbons (Fsp3) is 0.158. The molecule has 27 heavy (non-hydrogen) atoms. The second kappa shape index (κ2) is 9.54. The second-order valence-electron chi connectivity index (χ2n) is 5.40. The normalized spacial score (nSPS) is 10.4. The van der Waals surface area contributed by atoms with Gasteiger partial charge in [-0.15, -0.1) is 16.9 Å². The van der Waals surface area contributed by atoms with Gasteiger partial charge in [-0.2, -0.15) is 0 Å². The summed E-state index contributed by atoms with van der Waals surface area (Å²) in [5, 5.41) is 10.0. The first-order valence-corrected chi connectivity index (χ1v) is 9.21. The average Bonchev–Trinajstić information content (AvgIpc) is 3.16. The third-order valence-electron chi connectivity index (χ3n) is 3.37. The molecule has 7 nitrogen and oxygen atoms in total. The van der Waals surface area contributed by atoms with Crippen molar-refractivity contribution in [1.29, 1.82) is 0 Å². The highest BCUT2D eigenvalue weighted by Crippen LogP contribution is 2.19. The summed E-state index contributed by atoms with van der Waals surface area (Å²) in [5.41, 5.74) is 0.743. The molecule has 0 aliphatic heterocycles. The lowest BCUT2D eigenvalue weighted by molar-refractivity contribution is -0.146. The Labute approximate surface area is 160 Å². The number of carbonyl (C=O) groups excluding carboxylic acids is 2. The number of hydrogen-bond donors (Lipinski definition) is 1. The molecule has 0 atom stereocenters.